The first-order valence-electron chi connectivity index (χ1n) is 5.20. The fraction of sp³-hybridized carbons (Fsp3) is 0.900. The fourth-order valence-electron chi connectivity index (χ4n) is 1.44. The highest BCUT2D eigenvalue weighted by atomic mass is 16.7. The topological polar surface area (TPSA) is 55.6 Å². The molecule has 1 aliphatic rings. The number of nitrogens with zero attached hydrogens (tertiary/aromatic N) is 1. The summed E-state index contributed by atoms with van der Waals surface area (Å²) >= 11 is 0. The molecule has 1 fully saturated rings. The van der Waals surface area contributed by atoms with E-state index in [4.69, 9.17) is 10.6 Å². The van der Waals surface area contributed by atoms with Crippen LogP contribution in [0.3, 0.4) is 0 Å². The molecule has 2 unspecified atom stereocenters. The van der Waals surface area contributed by atoms with Crippen molar-refractivity contribution in [2.75, 3.05) is 13.1 Å². The quantitative estimate of drug-likeness (QED) is 0.734. The zero-order valence-corrected chi connectivity index (χ0v) is 9.25. The summed E-state index contributed by atoms with van der Waals surface area (Å²) < 4.78 is 0. The van der Waals surface area contributed by atoms with E-state index in [-0.39, 0.29) is 17.4 Å². The van der Waals surface area contributed by atoms with Crippen LogP contribution in [0.4, 0.5) is 0 Å². The van der Waals surface area contributed by atoms with E-state index in [1.807, 2.05) is 20.8 Å². The van der Waals surface area contributed by atoms with Crippen LogP contribution in [-0.2, 0) is 9.63 Å². The first kappa shape index (κ1) is 11.5. The van der Waals surface area contributed by atoms with Gasteiger partial charge in [-0.25, -0.2) is 5.06 Å². The molecule has 0 spiro atoms. The zero-order chi connectivity index (χ0) is 10.8. The second-order valence-electron chi connectivity index (χ2n) is 4.37. The molecule has 14 heavy (non-hydrogen) atoms. The van der Waals surface area contributed by atoms with Gasteiger partial charge in [0.1, 0.15) is 5.60 Å². The largest absolute Gasteiger partial charge is 0.330 e. The van der Waals surface area contributed by atoms with Crippen molar-refractivity contribution in [2.45, 2.75) is 39.2 Å². The van der Waals surface area contributed by atoms with Crippen molar-refractivity contribution in [3.8, 4) is 0 Å². The fourth-order valence-corrected chi connectivity index (χ4v) is 1.44. The Bertz CT molecular complexity index is 220. The van der Waals surface area contributed by atoms with E-state index in [0.717, 1.165) is 6.42 Å². The number of nitrogens with two attached hydrogens (primary N) is 1. The molecule has 4 heteroatoms. The highest BCUT2D eigenvalue weighted by Crippen LogP contribution is 2.29. The minimum Gasteiger partial charge on any atom is -0.330 e. The monoisotopic (exact) mass is 200 g/mol. The average Bonchev–Trinajstić information content (AvgIpc) is 2.43. The van der Waals surface area contributed by atoms with E-state index >= 15 is 0 Å². The Morgan fingerprint density at radius 2 is 2.36 bits per heavy atom. The van der Waals surface area contributed by atoms with Gasteiger partial charge in [0.2, 0.25) is 5.91 Å². The molecule has 1 amide bonds. The van der Waals surface area contributed by atoms with Gasteiger partial charge in [0, 0.05) is 0 Å². The van der Waals surface area contributed by atoms with E-state index in [1.54, 1.807) is 0 Å². The van der Waals surface area contributed by atoms with Gasteiger partial charge in [-0.05, 0) is 25.8 Å². The van der Waals surface area contributed by atoms with Gasteiger partial charge < -0.3 is 5.73 Å². The molecule has 0 aromatic carbocycles. The van der Waals surface area contributed by atoms with Crippen LogP contribution in [0, 0.1) is 5.92 Å². The van der Waals surface area contributed by atoms with Gasteiger partial charge in [0.25, 0.3) is 0 Å². The Kier molecular flexibility index (Phi) is 3.50. The van der Waals surface area contributed by atoms with Crippen molar-refractivity contribution < 1.29 is 9.63 Å². The first-order valence-corrected chi connectivity index (χ1v) is 5.20. The molecule has 0 aromatic rings. The van der Waals surface area contributed by atoms with Gasteiger partial charge in [0.15, 0.2) is 0 Å². The van der Waals surface area contributed by atoms with Gasteiger partial charge in [-0.2, -0.15) is 0 Å². The van der Waals surface area contributed by atoms with Crippen molar-refractivity contribution in [2.24, 2.45) is 11.7 Å². The van der Waals surface area contributed by atoms with Crippen molar-refractivity contribution in [3.63, 3.8) is 0 Å². The number of rotatable bonds is 4. The Labute approximate surface area is 85.3 Å². The van der Waals surface area contributed by atoms with Crippen LogP contribution in [-0.4, -0.2) is 29.7 Å². The van der Waals surface area contributed by atoms with Gasteiger partial charge in [0.05, 0.1) is 13.0 Å². The molecule has 82 valence electrons. The first-order chi connectivity index (χ1) is 6.50. The van der Waals surface area contributed by atoms with Crippen molar-refractivity contribution in [1.82, 2.24) is 5.06 Å². The molecule has 0 aromatic heterocycles. The maximum Gasteiger partial charge on any atom is 0.249 e. The van der Waals surface area contributed by atoms with Gasteiger partial charge in [-0.15, -0.1) is 0 Å². The van der Waals surface area contributed by atoms with Crippen LogP contribution in [0.5, 0.6) is 0 Å². The summed E-state index contributed by atoms with van der Waals surface area (Å²) in [6.07, 6.45) is 1.34. The summed E-state index contributed by atoms with van der Waals surface area (Å²) in [5.41, 5.74) is 5.20. The van der Waals surface area contributed by atoms with Gasteiger partial charge >= 0.3 is 0 Å². The zero-order valence-electron chi connectivity index (χ0n) is 9.25. The molecule has 2 N–H and O–H groups in total. The van der Waals surface area contributed by atoms with E-state index in [1.165, 1.54) is 5.06 Å². The van der Waals surface area contributed by atoms with Crippen LogP contribution in [0.25, 0.3) is 0 Å². The van der Waals surface area contributed by atoms with Gasteiger partial charge in [-0.3, -0.25) is 9.63 Å². The normalized spacial score (nSPS) is 29.7. The van der Waals surface area contributed by atoms with E-state index in [0.29, 0.717) is 19.5 Å². The highest BCUT2D eigenvalue weighted by Gasteiger charge is 2.39. The number of amides is 1. The van der Waals surface area contributed by atoms with Crippen LogP contribution in [0.2, 0.25) is 0 Å². The summed E-state index contributed by atoms with van der Waals surface area (Å²) in [7, 11) is 0. The second kappa shape index (κ2) is 4.28. The lowest BCUT2D eigenvalue weighted by Gasteiger charge is -2.24. The number of hydroxylamine groups is 2. The number of carbonyl (C=O) groups excluding carboxylic acids is 1. The molecule has 0 radical (unpaired) electrons. The molecule has 2 atom stereocenters. The second-order valence-corrected chi connectivity index (χ2v) is 4.37. The highest BCUT2D eigenvalue weighted by molar-refractivity contribution is 5.77. The SMILES string of the molecule is CCC1(C)CC(=O)N(CC(C)CN)O1. The van der Waals surface area contributed by atoms with Crippen molar-refractivity contribution in [3.05, 3.63) is 0 Å². The molecule has 0 bridgehead atoms. The van der Waals surface area contributed by atoms with E-state index in [9.17, 15) is 4.79 Å². The van der Waals surface area contributed by atoms with Gasteiger partial charge in [-0.1, -0.05) is 13.8 Å². The molecule has 4 nitrogen and oxygen atoms in total. The molecule has 1 heterocycles. The minimum absolute atomic E-state index is 0.0784. The smallest absolute Gasteiger partial charge is 0.249 e. The van der Waals surface area contributed by atoms with Crippen LogP contribution in [0.15, 0.2) is 0 Å². The molecule has 1 rings (SSSR count). The summed E-state index contributed by atoms with van der Waals surface area (Å²) in [6, 6.07) is 0. The summed E-state index contributed by atoms with van der Waals surface area (Å²) in [5, 5.41) is 1.47. The standard InChI is InChI=1S/C10H20N2O2/c1-4-10(3)5-9(13)12(14-10)7-8(2)6-11/h8H,4-7,11H2,1-3H3. The summed E-state index contributed by atoms with van der Waals surface area (Å²) in [5.74, 6) is 0.368. The lowest BCUT2D eigenvalue weighted by atomic mass is 10.0. The van der Waals surface area contributed by atoms with Crippen LogP contribution in [0.1, 0.15) is 33.6 Å². The Balaban J connectivity index is 2.53. The van der Waals surface area contributed by atoms with Crippen molar-refractivity contribution >= 4 is 5.91 Å². The lowest BCUT2D eigenvalue weighted by Crippen LogP contribution is -2.33. The Morgan fingerprint density at radius 3 is 2.79 bits per heavy atom. The molecular weight excluding hydrogens is 180 g/mol. The summed E-state index contributed by atoms with van der Waals surface area (Å²) in [4.78, 5) is 17.2. The molecule has 1 saturated heterocycles. The predicted molar refractivity (Wildman–Crippen MR) is 54.3 cm³/mol. The number of hydrogen-bond donors (Lipinski definition) is 1. The predicted octanol–water partition coefficient (Wildman–Crippen LogP) is 0.914. The summed E-state index contributed by atoms with van der Waals surface area (Å²) in [6.45, 7) is 7.19. The van der Waals surface area contributed by atoms with Crippen molar-refractivity contribution in [1.29, 1.82) is 0 Å². The third kappa shape index (κ3) is 2.45. The Morgan fingerprint density at radius 1 is 1.71 bits per heavy atom. The molecule has 0 aliphatic carbocycles. The molecule has 0 saturated carbocycles. The molecular formula is C10H20N2O2. The maximum absolute atomic E-state index is 11.6. The number of hydrogen-bond acceptors (Lipinski definition) is 3. The van der Waals surface area contributed by atoms with Crippen LogP contribution >= 0.6 is 0 Å². The molecule has 1 aliphatic heterocycles. The third-order valence-electron chi connectivity index (χ3n) is 2.76. The third-order valence-corrected chi connectivity index (χ3v) is 2.76. The average molecular weight is 200 g/mol. The lowest BCUT2D eigenvalue weighted by molar-refractivity contribution is -0.199. The number of carbonyl (C=O) groups is 1. The van der Waals surface area contributed by atoms with E-state index < -0.39 is 0 Å². The minimum atomic E-state index is -0.300. The Hall–Kier alpha value is -0.610. The van der Waals surface area contributed by atoms with E-state index in [2.05, 4.69) is 0 Å². The van der Waals surface area contributed by atoms with Crippen LogP contribution < -0.4 is 5.73 Å². The maximum atomic E-state index is 11.6.